The summed E-state index contributed by atoms with van der Waals surface area (Å²) in [6.07, 6.45) is 1.39. The van der Waals surface area contributed by atoms with Crippen LogP contribution in [0.25, 0.3) is 10.9 Å². The van der Waals surface area contributed by atoms with Crippen molar-refractivity contribution in [1.82, 2.24) is 19.8 Å². The lowest BCUT2D eigenvalue weighted by molar-refractivity contribution is -0.142. The van der Waals surface area contributed by atoms with Crippen molar-refractivity contribution in [2.75, 3.05) is 32.9 Å². The number of hydrogen-bond acceptors (Lipinski definition) is 6. The van der Waals surface area contributed by atoms with E-state index >= 15 is 4.39 Å². The number of fused-ring (bicyclic) bond motifs is 3. The highest BCUT2D eigenvalue weighted by Gasteiger charge is 2.39. The molecule has 2 N–H and O–H groups in total. The molecule has 0 radical (unpaired) electrons. The molecule has 9 nitrogen and oxygen atoms in total. The van der Waals surface area contributed by atoms with Gasteiger partial charge in [-0.05, 0) is 59.1 Å². The third-order valence-electron chi connectivity index (χ3n) is 7.79. The maximum atomic E-state index is 15.8. The lowest BCUT2D eigenvalue weighted by Gasteiger charge is -2.42. The van der Waals surface area contributed by atoms with Gasteiger partial charge in [0.25, 0.3) is 0 Å². The zero-order valence-electron chi connectivity index (χ0n) is 25.7. The zero-order valence-corrected chi connectivity index (χ0v) is 25.7. The number of para-hydroxylation sites is 1. The molecule has 0 saturated carbocycles. The number of amides is 1. The number of carboxylic acid groups (broad SMARTS) is 1. The molecule has 43 heavy (non-hydrogen) atoms. The number of carbonyl (C=O) groups is 2. The smallest absolute Gasteiger partial charge is 0.410 e. The normalized spacial score (nSPS) is 17.9. The largest absolute Gasteiger partial charge is 0.481 e. The number of halogens is 2. The van der Waals surface area contributed by atoms with E-state index in [1.807, 2.05) is 36.1 Å². The predicted octanol–water partition coefficient (Wildman–Crippen LogP) is 6.04. The second-order valence-electron chi connectivity index (χ2n) is 12.3. The summed E-state index contributed by atoms with van der Waals surface area (Å²) in [6, 6.07) is 7.23. The monoisotopic (exact) mass is 600 g/mol. The van der Waals surface area contributed by atoms with E-state index in [2.05, 4.69) is 9.97 Å². The van der Waals surface area contributed by atoms with Crippen LogP contribution in [0.5, 0.6) is 5.88 Å². The molecule has 1 aliphatic rings. The van der Waals surface area contributed by atoms with Crippen molar-refractivity contribution in [3.63, 3.8) is 0 Å². The standard InChI is InChI=1S/C32H42F2N4O5/c1-19(30(39)40)18-38-20(2)16-23-22-10-7-8-11-25(22)36-27(23)28(38)26-21(3)29(35-17-24(26)34)42-15-14-37(13-9-12-33)31(41)43-32(4,5)6/h7-8,10-11,17,19-20,28,36H,9,12-16,18H2,1-6H3,(H,39,40)/t19-,20+,28+/m0/s1. The van der Waals surface area contributed by atoms with Gasteiger partial charge in [0.15, 0.2) is 0 Å². The Morgan fingerprint density at radius 3 is 2.65 bits per heavy atom. The number of ether oxygens (including phenoxy) is 2. The van der Waals surface area contributed by atoms with Gasteiger partial charge in [0.1, 0.15) is 18.0 Å². The molecule has 1 aliphatic heterocycles. The summed E-state index contributed by atoms with van der Waals surface area (Å²) in [7, 11) is 0. The van der Waals surface area contributed by atoms with Crippen LogP contribution in [0.2, 0.25) is 0 Å². The summed E-state index contributed by atoms with van der Waals surface area (Å²) < 4.78 is 40.2. The van der Waals surface area contributed by atoms with Crippen LogP contribution >= 0.6 is 0 Å². The molecule has 0 unspecified atom stereocenters. The van der Waals surface area contributed by atoms with Crippen LogP contribution in [-0.4, -0.2) is 81.5 Å². The predicted molar refractivity (Wildman–Crippen MR) is 160 cm³/mol. The van der Waals surface area contributed by atoms with Gasteiger partial charge in [0, 0.05) is 46.9 Å². The summed E-state index contributed by atoms with van der Waals surface area (Å²) in [5, 5.41) is 10.8. The fraction of sp³-hybridized carbons (Fsp3) is 0.531. The average molecular weight is 601 g/mol. The van der Waals surface area contributed by atoms with E-state index in [4.69, 9.17) is 9.47 Å². The minimum atomic E-state index is -0.924. The molecule has 3 atom stereocenters. The van der Waals surface area contributed by atoms with Crippen molar-refractivity contribution in [2.45, 2.75) is 72.1 Å². The van der Waals surface area contributed by atoms with E-state index in [9.17, 15) is 19.1 Å². The maximum Gasteiger partial charge on any atom is 0.410 e. The highest BCUT2D eigenvalue weighted by molar-refractivity contribution is 5.85. The Hall–Kier alpha value is -3.73. The Bertz CT molecular complexity index is 1450. The van der Waals surface area contributed by atoms with E-state index in [1.165, 1.54) is 4.90 Å². The van der Waals surface area contributed by atoms with Gasteiger partial charge >= 0.3 is 12.1 Å². The minimum Gasteiger partial charge on any atom is -0.481 e. The number of benzene rings is 1. The quantitative estimate of drug-likeness (QED) is 0.276. The Kier molecular flexibility index (Phi) is 9.94. The molecule has 11 heteroatoms. The number of aromatic nitrogens is 2. The minimum absolute atomic E-state index is 0.0307. The number of alkyl halides is 1. The maximum absolute atomic E-state index is 15.8. The third-order valence-corrected chi connectivity index (χ3v) is 7.79. The summed E-state index contributed by atoms with van der Waals surface area (Å²) in [4.78, 5) is 35.7. The summed E-state index contributed by atoms with van der Waals surface area (Å²) in [5.41, 5.74) is 2.94. The highest BCUT2D eigenvalue weighted by atomic mass is 19.1. The van der Waals surface area contributed by atoms with Gasteiger partial charge in [-0.2, -0.15) is 0 Å². The zero-order chi connectivity index (χ0) is 31.5. The van der Waals surface area contributed by atoms with Crippen LogP contribution in [0, 0.1) is 18.7 Å². The van der Waals surface area contributed by atoms with Gasteiger partial charge in [-0.3, -0.25) is 14.1 Å². The lowest BCUT2D eigenvalue weighted by atomic mass is 9.86. The van der Waals surface area contributed by atoms with Crippen molar-refractivity contribution in [3.8, 4) is 5.88 Å². The van der Waals surface area contributed by atoms with E-state index in [1.54, 1.807) is 34.6 Å². The number of aliphatic carboxylic acids is 1. The van der Waals surface area contributed by atoms with Gasteiger partial charge < -0.3 is 24.5 Å². The summed E-state index contributed by atoms with van der Waals surface area (Å²) in [5.74, 6) is -1.93. The molecule has 0 fully saturated rings. The number of nitrogens with one attached hydrogen (secondary N) is 1. The van der Waals surface area contributed by atoms with Crippen LogP contribution in [0.15, 0.2) is 30.5 Å². The number of nitrogens with zero attached hydrogens (tertiary/aromatic N) is 3. The molecule has 0 aliphatic carbocycles. The Labute approximate surface area is 251 Å². The first-order valence-electron chi connectivity index (χ1n) is 14.7. The average Bonchev–Trinajstić information content (AvgIpc) is 3.30. The number of carbonyl (C=O) groups excluding carboxylic acids is 1. The fourth-order valence-corrected chi connectivity index (χ4v) is 5.68. The van der Waals surface area contributed by atoms with E-state index in [0.29, 0.717) is 17.5 Å². The van der Waals surface area contributed by atoms with Gasteiger partial charge in [0.2, 0.25) is 5.88 Å². The van der Waals surface area contributed by atoms with E-state index < -0.39 is 42.1 Å². The second kappa shape index (κ2) is 13.3. The van der Waals surface area contributed by atoms with Crippen LogP contribution < -0.4 is 4.74 Å². The molecule has 0 bridgehead atoms. The first-order valence-corrected chi connectivity index (χ1v) is 14.7. The van der Waals surface area contributed by atoms with Crippen LogP contribution in [0.3, 0.4) is 0 Å². The third kappa shape index (κ3) is 7.26. The molecule has 4 rings (SSSR count). The molecule has 3 aromatic rings. The molecule has 234 valence electrons. The number of aromatic amines is 1. The van der Waals surface area contributed by atoms with Crippen molar-refractivity contribution >= 4 is 23.0 Å². The molecule has 0 saturated heterocycles. The fourth-order valence-electron chi connectivity index (χ4n) is 5.68. The highest BCUT2D eigenvalue weighted by Crippen LogP contribution is 2.43. The van der Waals surface area contributed by atoms with Gasteiger partial charge in [0.05, 0.1) is 31.4 Å². The van der Waals surface area contributed by atoms with Crippen molar-refractivity contribution in [1.29, 1.82) is 0 Å². The molecule has 0 spiro atoms. The molecule has 1 aromatic carbocycles. The van der Waals surface area contributed by atoms with Gasteiger partial charge in [-0.15, -0.1) is 0 Å². The van der Waals surface area contributed by atoms with Gasteiger partial charge in [-0.25, -0.2) is 14.2 Å². The van der Waals surface area contributed by atoms with E-state index in [0.717, 1.165) is 28.4 Å². The summed E-state index contributed by atoms with van der Waals surface area (Å²) >= 11 is 0. The number of pyridine rings is 1. The first kappa shape index (κ1) is 32.2. The van der Waals surface area contributed by atoms with Crippen molar-refractivity contribution in [3.05, 3.63) is 58.7 Å². The molecular formula is C32H42F2N4O5. The molecule has 1 amide bonds. The van der Waals surface area contributed by atoms with Crippen LogP contribution in [0.1, 0.15) is 69.5 Å². The number of hydrogen-bond donors (Lipinski definition) is 2. The molecule has 2 aromatic heterocycles. The molecular weight excluding hydrogens is 558 g/mol. The number of carboxylic acids is 1. The van der Waals surface area contributed by atoms with Crippen LogP contribution in [-0.2, 0) is 16.0 Å². The Morgan fingerprint density at radius 1 is 1.26 bits per heavy atom. The summed E-state index contributed by atoms with van der Waals surface area (Å²) in [6.45, 7) is 10.6. The second-order valence-corrected chi connectivity index (χ2v) is 12.3. The van der Waals surface area contributed by atoms with Crippen molar-refractivity contribution in [2.24, 2.45) is 5.92 Å². The van der Waals surface area contributed by atoms with E-state index in [-0.39, 0.29) is 44.6 Å². The number of H-pyrrole nitrogens is 1. The lowest BCUT2D eigenvalue weighted by Crippen LogP contribution is -2.46. The topological polar surface area (TPSA) is 108 Å². The number of rotatable bonds is 11. The SMILES string of the molecule is Cc1c(OCCN(CCCF)C(=O)OC(C)(C)C)ncc(F)c1[C@@H]1c2[nH]c3ccccc3c2C[C@@H](C)N1C[C@H](C)C(=O)O. The first-order chi connectivity index (χ1) is 20.3. The molecule has 3 heterocycles. The van der Waals surface area contributed by atoms with Gasteiger partial charge in [-0.1, -0.05) is 25.1 Å². The van der Waals surface area contributed by atoms with Crippen molar-refractivity contribution < 1.29 is 33.0 Å². The Balaban J connectivity index is 1.68. The Morgan fingerprint density at radius 2 is 1.98 bits per heavy atom. The van der Waals surface area contributed by atoms with Crippen LogP contribution in [0.4, 0.5) is 13.6 Å².